The van der Waals surface area contributed by atoms with Crippen molar-refractivity contribution in [1.82, 2.24) is 0 Å². The number of anilines is 1. The monoisotopic (exact) mass is 293 g/mol. The number of rotatable bonds is 2. The van der Waals surface area contributed by atoms with E-state index >= 15 is 0 Å². The van der Waals surface area contributed by atoms with Crippen LogP contribution in [0.3, 0.4) is 0 Å². The molecule has 0 radical (unpaired) electrons. The predicted molar refractivity (Wildman–Crippen MR) is 72.6 cm³/mol. The molecule has 1 aromatic rings. The molecule has 3 heteroatoms. The van der Waals surface area contributed by atoms with Crippen LogP contribution in [0.2, 0.25) is 0 Å². The van der Waals surface area contributed by atoms with E-state index in [-0.39, 0.29) is 0 Å². The first-order valence-electron chi connectivity index (χ1n) is 6.27. The quantitative estimate of drug-likeness (QED) is 0.778. The Morgan fingerprint density at radius 1 is 1.24 bits per heavy atom. The molecule has 17 heavy (non-hydrogen) atoms. The van der Waals surface area contributed by atoms with E-state index in [1.54, 1.807) is 0 Å². The summed E-state index contributed by atoms with van der Waals surface area (Å²) in [6.45, 7) is 2.25. The number of hydrogen-bond acceptors (Lipinski definition) is 2. The Morgan fingerprint density at radius 2 is 1.94 bits per heavy atom. The highest BCUT2D eigenvalue weighted by molar-refractivity contribution is 9.10. The number of carbonyl (C=O) groups excluding carboxylic acids is 1. The fourth-order valence-electron chi connectivity index (χ4n) is 3.32. The van der Waals surface area contributed by atoms with Gasteiger partial charge in [0.15, 0.2) is 6.29 Å². The van der Waals surface area contributed by atoms with Crippen molar-refractivity contribution >= 4 is 27.9 Å². The fourth-order valence-corrected chi connectivity index (χ4v) is 3.67. The Morgan fingerprint density at radius 3 is 2.59 bits per heavy atom. The second kappa shape index (κ2) is 4.45. The SMILES string of the molecule is O=Cc1ccc(Br)cc1N1CC2CCCC2C1. The minimum atomic E-state index is 0.813. The summed E-state index contributed by atoms with van der Waals surface area (Å²) >= 11 is 3.49. The van der Waals surface area contributed by atoms with Gasteiger partial charge in [-0.25, -0.2) is 0 Å². The zero-order valence-electron chi connectivity index (χ0n) is 9.73. The normalized spacial score (nSPS) is 27.2. The molecule has 1 saturated carbocycles. The van der Waals surface area contributed by atoms with Gasteiger partial charge in [-0.15, -0.1) is 0 Å². The lowest BCUT2D eigenvalue weighted by atomic mass is 10.0. The zero-order chi connectivity index (χ0) is 11.8. The third-order valence-electron chi connectivity index (χ3n) is 4.19. The molecule has 2 fully saturated rings. The van der Waals surface area contributed by atoms with E-state index in [1.165, 1.54) is 19.3 Å². The average molecular weight is 294 g/mol. The molecule has 0 amide bonds. The average Bonchev–Trinajstić information content (AvgIpc) is 2.88. The lowest BCUT2D eigenvalue weighted by Crippen LogP contribution is -2.22. The van der Waals surface area contributed by atoms with Gasteiger partial charge in [0.1, 0.15) is 0 Å². The maximum atomic E-state index is 11.1. The van der Waals surface area contributed by atoms with Gasteiger partial charge in [0.2, 0.25) is 0 Å². The summed E-state index contributed by atoms with van der Waals surface area (Å²) in [5.41, 5.74) is 1.91. The molecule has 0 aromatic heterocycles. The van der Waals surface area contributed by atoms with E-state index in [9.17, 15) is 4.79 Å². The highest BCUT2D eigenvalue weighted by atomic mass is 79.9. The Bertz CT molecular complexity index is 434. The predicted octanol–water partition coefficient (Wildman–Crippen LogP) is 3.50. The van der Waals surface area contributed by atoms with Gasteiger partial charge >= 0.3 is 0 Å². The van der Waals surface area contributed by atoms with Crippen LogP contribution in [-0.4, -0.2) is 19.4 Å². The highest BCUT2D eigenvalue weighted by Crippen LogP contribution is 2.40. The Kier molecular flexibility index (Phi) is 2.95. The first-order valence-corrected chi connectivity index (χ1v) is 7.07. The summed E-state index contributed by atoms with van der Waals surface area (Å²) < 4.78 is 1.05. The molecule has 0 spiro atoms. The van der Waals surface area contributed by atoms with Crippen molar-refractivity contribution in [2.45, 2.75) is 19.3 Å². The standard InChI is InChI=1S/C14H16BrNO/c15-13-5-4-12(9-17)14(6-13)16-7-10-2-1-3-11(10)8-16/h4-6,9-11H,1-3,7-8H2. The molecular formula is C14H16BrNO. The molecule has 1 aliphatic heterocycles. The minimum Gasteiger partial charge on any atom is -0.370 e. The number of carbonyl (C=O) groups is 1. The van der Waals surface area contributed by atoms with Crippen LogP contribution in [0.25, 0.3) is 0 Å². The number of halogens is 1. The zero-order valence-corrected chi connectivity index (χ0v) is 11.3. The Hall–Kier alpha value is -0.830. The molecule has 1 aromatic carbocycles. The van der Waals surface area contributed by atoms with Crippen LogP contribution in [0.4, 0.5) is 5.69 Å². The van der Waals surface area contributed by atoms with Crippen LogP contribution in [0.5, 0.6) is 0 Å². The highest BCUT2D eigenvalue weighted by Gasteiger charge is 2.36. The molecular weight excluding hydrogens is 278 g/mol. The summed E-state index contributed by atoms with van der Waals surface area (Å²) in [5.74, 6) is 1.71. The van der Waals surface area contributed by atoms with E-state index < -0.39 is 0 Å². The first kappa shape index (κ1) is 11.3. The number of aldehydes is 1. The lowest BCUT2D eigenvalue weighted by molar-refractivity contribution is 0.112. The van der Waals surface area contributed by atoms with E-state index in [0.717, 1.165) is 46.9 Å². The third-order valence-corrected chi connectivity index (χ3v) is 4.68. The van der Waals surface area contributed by atoms with Gasteiger partial charge in [0.25, 0.3) is 0 Å². The van der Waals surface area contributed by atoms with Crippen LogP contribution >= 0.6 is 15.9 Å². The summed E-state index contributed by atoms with van der Waals surface area (Å²) in [5, 5.41) is 0. The summed E-state index contributed by atoms with van der Waals surface area (Å²) in [6.07, 6.45) is 5.09. The van der Waals surface area contributed by atoms with Crippen LogP contribution < -0.4 is 4.90 Å². The summed E-state index contributed by atoms with van der Waals surface area (Å²) in [4.78, 5) is 13.5. The van der Waals surface area contributed by atoms with E-state index in [4.69, 9.17) is 0 Å². The minimum absolute atomic E-state index is 0.813. The van der Waals surface area contributed by atoms with Crippen molar-refractivity contribution in [1.29, 1.82) is 0 Å². The molecule has 2 aliphatic rings. The van der Waals surface area contributed by atoms with E-state index in [0.29, 0.717) is 0 Å². The molecule has 0 bridgehead atoms. The largest absolute Gasteiger partial charge is 0.370 e. The second-order valence-corrected chi connectivity index (χ2v) is 6.09. The third kappa shape index (κ3) is 2.01. The van der Waals surface area contributed by atoms with Crippen molar-refractivity contribution in [3.05, 3.63) is 28.2 Å². The summed E-state index contributed by atoms with van der Waals surface area (Å²) in [7, 11) is 0. The smallest absolute Gasteiger partial charge is 0.152 e. The van der Waals surface area contributed by atoms with Gasteiger partial charge in [0, 0.05) is 28.8 Å². The van der Waals surface area contributed by atoms with Gasteiger partial charge < -0.3 is 4.90 Å². The van der Waals surface area contributed by atoms with E-state index in [1.807, 2.05) is 12.1 Å². The number of nitrogens with zero attached hydrogens (tertiary/aromatic N) is 1. The maximum absolute atomic E-state index is 11.1. The van der Waals surface area contributed by atoms with Crippen LogP contribution in [-0.2, 0) is 0 Å². The van der Waals surface area contributed by atoms with Crippen LogP contribution in [0.1, 0.15) is 29.6 Å². The molecule has 90 valence electrons. The number of benzene rings is 1. The van der Waals surface area contributed by atoms with Crippen molar-refractivity contribution in [3.63, 3.8) is 0 Å². The van der Waals surface area contributed by atoms with Crippen LogP contribution in [0.15, 0.2) is 22.7 Å². The van der Waals surface area contributed by atoms with Gasteiger partial charge in [-0.3, -0.25) is 4.79 Å². The van der Waals surface area contributed by atoms with Gasteiger partial charge in [-0.2, -0.15) is 0 Å². The van der Waals surface area contributed by atoms with Crippen molar-refractivity contribution in [2.24, 2.45) is 11.8 Å². The summed E-state index contributed by atoms with van der Waals surface area (Å²) in [6, 6.07) is 5.91. The molecule has 2 atom stereocenters. The molecule has 2 unspecified atom stereocenters. The van der Waals surface area contributed by atoms with E-state index in [2.05, 4.69) is 26.9 Å². The lowest BCUT2D eigenvalue weighted by Gasteiger charge is -2.21. The molecule has 2 nitrogen and oxygen atoms in total. The molecule has 1 aliphatic carbocycles. The molecule has 3 rings (SSSR count). The molecule has 0 N–H and O–H groups in total. The number of hydrogen-bond donors (Lipinski definition) is 0. The topological polar surface area (TPSA) is 20.3 Å². The number of fused-ring (bicyclic) bond motifs is 1. The van der Waals surface area contributed by atoms with Gasteiger partial charge in [0.05, 0.1) is 0 Å². The fraction of sp³-hybridized carbons (Fsp3) is 0.500. The maximum Gasteiger partial charge on any atom is 0.152 e. The van der Waals surface area contributed by atoms with Crippen molar-refractivity contribution in [3.8, 4) is 0 Å². The van der Waals surface area contributed by atoms with Crippen LogP contribution in [0, 0.1) is 11.8 Å². The molecule has 1 saturated heterocycles. The van der Waals surface area contributed by atoms with Crippen molar-refractivity contribution in [2.75, 3.05) is 18.0 Å². The van der Waals surface area contributed by atoms with Crippen molar-refractivity contribution < 1.29 is 4.79 Å². The van der Waals surface area contributed by atoms with Gasteiger partial charge in [-0.1, -0.05) is 22.4 Å². The first-order chi connectivity index (χ1) is 8.28. The Balaban J connectivity index is 1.89. The molecule has 1 heterocycles. The Labute approximate surface area is 110 Å². The second-order valence-electron chi connectivity index (χ2n) is 5.18. The van der Waals surface area contributed by atoms with Gasteiger partial charge in [-0.05, 0) is 42.9 Å².